The molecule has 0 saturated heterocycles. The number of pyridine rings is 1. The van der Waals surface area contributed by atoms with E-state index in [1.807, 2.05) is 61.5 Å². The first kappa shape index (κ1) is 25.3. The molecule has 1 aliphatic carbocycles. The van der Waals surface area contributed by atoms with E-state index < -0.39 is 0 Å². The number of ether oxygens (including phenoxy) is 1. The minimum Gasteiger partial charge on any atom is -0.457 e. The lowest BCUT2D eigenvalue weighted by Gasteiger charge is -2.33. The maximum Gasteiger partial charge on any atom is 0.331 e. The summed E-state index contributed by atoms with van der Waals surface area (Å²) in [5.41, 5.74) is 2.87. The fraction of sp³-hybridized carbons (Fsp3) is 0.300. The molecule has 0 spiro atoms. The molecule has 2 atom stereocenters. The zero-order valence-electron chi connectivity index (χ0n) is 22.2. The second kappa shape index (κ2) is 10.3. The lowest BCUT2D eigenvalue weighted by Crippen LogP contribution is -2.43. The van der Waals surface area contributed by atoms with Crippen molar-refractivity contribution < 1.29 is 14.3 Å². The third kappa shape index (κ3) is 4.84. The number of hydrogen-bond acceptors (Lipinski definition) is 6. The van der Waals surface area contributed by atoms with Crippen molar-refractivity contribution in [3.05, 3.63) is 71.2 Å². The van der Waals surface area contributed by atoms with E-state index in [9.17, 15) is 9.59 Å². The molecule has 1 fully saturated rings. The fourth-order valence-electron chi connectivity index (χ4n) is 5.57. The number of nitrogens with one attached hydrogen (secondary N) is 2. The first-order valence-electron chi connectivity index (χ1n) is 13.2. The molecule has 9 heteroatoms. The Morgan fingerprint density at radius 1 is 1.10 bits per heavy atom. The average Bonchev–Trinajstić information content (AvgIpc) is 3.30. The summed E-state index contributed by atoms with van der Waals surface area (Å²) in [5, 5.41) is 7.02. The summed E-state index contributed by atoms with van der Waals surface area (Å²) in [6.07, 6.45) is 5.80. The first-order valence-corrected chi connectivity index (χ1v) is 14.0. The molecule has 3 heterocycles. The van der Waals surface area contributed by atoms with Crippen LogP contribution in [-0.4, -0.2) is 48.0 Å². The zero-order valence-corrected chi connectivity index (χ0v) is 23.0. The van der Waals surface area contributed by atoms with Crippen LogP contribution >= 0.6 is 11.3 Å². The van der Waals surface area contributed by atoms with Crippen LogP contribution in [0.5, 0.6) is 11.5 Å². The van der Waals surface area contributed by atoms with Crippen molar-refractivity contribution in [2.45, 2.75) is 44.7 Å². The second-order valence-electron chi connectivity index (χ2n) is 10.4. The quantitative estimate of drug-likeness (QED) is 0.284. The lowest BCUT2D eigenvalue weighted by atomic mass is 9.90. The molecule has 6 rings (SSSR count). The fourth-order valence-corrected chi connectivity index (χ4v) is 6.59. The van der Waals surface area contributed by atoms with Gasteiger partial charge in [-0.2, -0.15) is 0 Å². The molecule has 200 valence electrons. The highest BCUT2D eigenvalue weighted by Gasteiger charge is 2.34. The molecule has 39 heavy (non-hydrogen) atoms. The topological polar surface area (TPSA) is 86.8 Å². The van der Waals surface area contributed by atoms with E-state index in [0.29, 0.717) is 32.9 Å². The summed E-state index contributed by atoms with van der Waals surface area (Å²) in [4.78, 5) is 36.6. The lowest BCUT2D eigenvalue weighted by molar-refractivity contribution is 0.0916. The summed E-state index contributed by atoms with van der Waals surface area (Å²) >= 11 is 1.32. The Morgan fingerprint density at radius 2 is 1.92 bits per heavy atom. The van der Waals surface area contributed by atoms with Gasteiger partial charge in [0.15, 0.2) is 0 Å². The van der Waals surface area contributed by atoms with E-state index in [0.717, 1.165) is 48.1 Å². The Kier molecular flexibility index (Phi) is 6.70. The predicted molar refractivity (Wildman–Crippen MR) is 156 cm³/mol. The van der Waals surface area contributed by atoms with Gasteiger partial charge in [0.2, 0.25) is 0 Å². The molecule has 8 nitrogen and oxygen atoms in total. The summed E-state index contributed by atoms with van der Waals surface area (Å²) in [5.74, 6) is 1.28. The largest absolute Gasteiger partial charge is 0.457 e. The zero-order chi connectivity index (χ0) is 27.1. The van der Waals surface area contributed by atoms with Crippen molar-refractivity contribution in [2.75, 3.05) is 24.3 Å². The van der Waals surface area contributed by atoms with E-state index in [4.69, 9.17) is 4.74 Å². The van der Waals surface area contributed by atoms with Crippen LogP contribution in [0.2, 0.25) is 0 Å². The monoisotopic (exact) mass is 541 g/mol. The third-order valence-corrected chi connectivity index (χ3v) is 8.65. The van der Waals surface area contributed by atoms with Gasteiger partial charge in [0, 0.05) is 18.3 Å². The van der Waals surface area contributed by atoms with Crippen molar-refractivity contribution in [1.29, 1.82) is 0 Å². The van der Waals surface area contributed by atoms with Crippen LogP contribution < -0.4 is 20.3 Å². The van der Waals surface area contributed by atoms with Gasteiger partial charge in [-0.15, -0.1) is 11.3 Å². The summed E-state index contributed by atoms with van der Waals surface area (Å²) in [6, 6.07) is 17.3. The summed E-state index contributed by atoms with van der Waals surface area (Å²) < 4.78 is 5.98. The van der Waals surface area contributed by atoms with Gasteiger partial charge in [0.25, 0.3) is 5.91 Å². The SMILES string of the molecule is Cc1cc(Oc2ccccc2)ccc1N1C(=O)Nc2c(C(=O)N[C@@H]3CCCC(N(C)C)C3)sc3nccc1c23. The number of carbonyl (C=O) groups is 2. The van der Waals surface area contributed by atoms with Crippen LogP contribution in [0, 0.1) is 6.92 Å². The van der Waals surface area contributed by atoms with E-state index in [-0.39, 0.29) is 18.0 Å². The number of amides is 3. The smallest absolute Gasteiger partial charge is 0.331 e. The van der Waals surface area contributed by atoms with Crippen LogP contribution in [0.1, 0.15) is 40.9 Å². The molecule has 1 unspecified atom stereocenters. The van der Waals surface area contributed by atoms with Gasteiger partial charge < -0.3 is 20.3 Å². The number of anilines is 3. The minimum atomic E-state index is -0.312. The number of rotatable bonds is 6. The number of thiophene rings is 1. The van der Waals surface area contributed by atoms with Crippen molar-refractivity contribution in [3.63, 3.8) is 0 Å². The Hall–Kier alpha value is -3.95. The maximum atomic E-state index is 13.5. The number of hydrogen-bond donors (Lipinski definition) is 2. The van der Waals surface area contributed by atoms with Gasteiger partial charge in [0.1, 0.15) is 21.2 Å². The predicted octanol–water partition coefficient (Wildman–Crippen LogP) is 6.68. The van der Waals surface area contributed by atoms with Crippen LogP contribution in [-0.2, 0) is 0 Å². The highest BCUT2D eigenvalue weighted by molar-refractivity contribution is 7.21. The number of para-hydroxylation sites is 1. The average molecular weight is 542 g/mol. The molecular weight excluding hydrogens is 510 g/mol. The van der Waals surface area contributed by atoms with Crippen molar-refractivity contribution in [2.24, 2.45) is 0 Å². The van der Waals surface area contributed by atoms with Gasteiger partial charge in [-0.3, -0.25) is 9.69 Å². The Balaban J connectivity index is 1.30. The highest BCUT2D eigenvalue weighted by atomic mass is 32.1. The van der Waals surface area contributed by atoms with Crippen LogP contribution in [0.15, 0.2) is 60.8 Å². The molecule has 1 aliphatic heterocycles. The van der Waals surface area contributed by atoms with Crippen LogP contribution in [0.25, 0.3) is 10.2 Å². The molecular formula is C30H31N5O3S. The molecule has 2 aromatic heterocycles. The Labute approximate surface area is 231 Å². The Morgan fingerprint density at radius 3 is 2.69 bits per heavy atom. The van der Waals surface area contributed by atoms with Gasteiger partial charge in [-0.05, 0) is 88.7 Å². The van der Waals surface area contributed by atoms with E-state index in [1.165, 1.54) is 11.3 Å². The molecule has 3 amide bonds. The summed E-state index contributed by atoms with van der Waals surface area (Å²) in [6.45, 7) is 1.95. The first-order chi connectivity index (χ1) is 18.9. The van der Waals surface area contributed by atoms with Gasteiger partial charge in [-0.1, -0.05) is 18.2 Å². The standard InChI is InChI=1S/C30H31N5O3S/c1-18-16-22(38-21-10-5-4-6-11-21)12-13-23(18)35-24-14-15-31-29-25(24)26(33-30(35)37)27(39-29)28(36)32-19-8-7-9-20(17-19)34(2)3/h4-6,10-16,19-20H,7-9,17H2,1-3H3,(H,32,36)(H,33,37)/t19-,20?/m1/s1. The van der Waals surface area contributed by atoms with Crippen molar-refractivity contribution in [3.8, 4) is 11.5 Å². The van der Waals surface area contributed by atoms with Crippen LogP contribution in [0.3, 0.4) is 0 Å². The number of aromatic nitrogens is 1. The molecule has 4 aromatic rings. The Bertz CT molecular complexity index is 1550. The third-order valence-electron chi connectivity index (χ3n) is 7.55. The van der Waals surface area contributed by atoms with Crippen molar-refractivity contribution in [1.82, 2.24) is 15.2 Å². The van der Waals surface area contributed by atoms with E-state index in [1.54, 1.807) is 11.1 Å². The van der Waals surface area contributed by atoms with Gasteiger partial charge >= 0.3 is 6.03 Å². The van der Waals surface area contributed by atoms with Gasteiger partial charge in [0.05, 0.1) is 22.4 Å². The number of urea groups is 1. The highest BCUT2D eigenvalue weighted by Crippen LogP contribution is 2.46. The molecule has 2 aliphatic rings. The molecule has 0 radical (unpaired) electrons. The van der Waals surface area contributed by atoms with E-state index >= 15 is 0 Å². The number of carbonyl (C=O) groups excluding carboxylic acids is 2. The normalized spacial score (nSPS) is 18.8. The number of aryl methyl sites for hydroxylation is 1. The summed E-state index contributed by atoms with van der Waals surface area (Å²) in [7, 11) is 4.18. The number of benzene rings is 2. The van der Waals surface area contributed by atoms with Gasteiger partial charge in [-0.25, -0.2) is 9.78 Å². The number of nitrogens with zero attached hydrogens (tertiary/aromatic N) is 3. The second-order valence-corrected chi connectivity index (χ2v) is 11.4. The van der Waals surface area contributed by atoms with Crippen LogP contribution in [0.4, 0.5) is 21.9 Å². The maximum absolute atomic E-state index is 13.5. The molecule has 0 bridgehead atoms. The van der Waals surface area contributed by atoms with Crippen molar-refractivity contribution >= 4 is 50.6 Å². The van der Waals surface area contributed by atoms with E-state index in [2.05, 4.69) is 34.6 Å². The molecule has 2 aromatic carbocycles. The molecule has 1 saturated carbocycles. The minimum absolute atomic E-state index is 0.110. The molecule has 2 N–H and O–H groups in total.